The van der Waals surface area contributed by atoms with E-state index in [1.165, 1.54) is 0 Å². The topological polar surface area (TPSA) is 21.3 Å². The minimum Gasteiger partial charge on any atom is -0.484 e. The average molecular weight is 293 g/mol. The molecule has 7 heteroatoms. The molecular formula is C13H12F5NO. The Morgan fingerprint density at radius 2 is 1.20 bits per heavy atom. The molecule has 110 valence electrons. The third kappa shape index (κ3) is 2.13. The first-order valence-corrected chi connectivity index (χ1v) is 6.41. The molecule has 2 atom stereocenters. The van der Waals surface area contributed by atoms with Crippen LogP contribution in [0.5, 0.6) is 5.75 Å². The molecule has 0 saturated carbocycles. The molecule has 0 aromatic heterocycles. The van der Waals surface area contributed by atoms with Crippen molar-refractivity contribution in [3.05, 3.63) is 29.1 Å². The van der Waals surface area contributed by atoms with Crippen LogP contribution in [0.2, 0.25) is 0 Å². The summed E-state index contributed by atoms with van der Waals surface area (Å²) >= 11 is 0. The van der Waals surface area contributed by atoms with Crippen molar-refractivity contribution >= 4 is 0 Å². The zero-order chi connectivity index (χ0) is 14.4. The first-order chi connectivity index (χ1) is 9.47. The SMILES string of the molecule is Fc1c(F)c(F)c(OC2CC3CCC(C2)N3)c(F)c1F. The van der Waals surface area contributed by atoms with Gasteiger partial charge in [0.15, 0.2) is 5.75 Å². The first kappa shape index (κ1) is 13.6. The van der Waals surface area contributed by atoms with Gasteiger partial charge in [-0.3, -0.25) is 0 Å². The summed E-state index contributed by atoms with van der Waals surface area (Å²) in [5.74, 6) is -11.1. The maximum atomic E-state index is 13.5. The van der Waals surface area contributed by atoms with Gasteiger partial charge in [-0.2, -0.15) is 8.78 Å². The Morgan fingerprint density at radius 1 is 0.750 bits per heavy atom. The van der Waals surface area contributed by atoms with E-state index >= 15 is 0 Å². The zero-order valence-electron chi connectivity index (χ0n) is 10.4. The first-order valence-electron chi connectivity index (χ1n) is 6.41. The fraction of sp³-hybridized carbons (Fsp3) is 0.538. The molecule has 2 nitrogen and oxygen atoms in total. The molecule has 2 unspecified atom stereocenters. The van der Waals surface area contributed by atoms with E-state index in [4.69, 9.17) is 4.74 Å². The second-order valence-electron chi connectivity index (χ2n) is 5.25. The number of rotatable bonds is 2. The highest BCUT2D eigenvalue weighted by molar-refractivity contribution is 5.30. The molecule has 2 saturated heterocycles. The molecule has 2 aliphatic rings. The van der Waals surface area contributed by atoms with Gasteiger partial charge in [-0.15, -0.1) is 0 Å². The smallest absolute Gasteiger partial charge is 0.207 e. The van der Waals surface area contributed by atoms with Crippen molar-refractivity contribution in [1.29, 1.82) is 0 Å². The van der Waals surface area contributed by atoms with E-state index in [-0.39, 0.29) is 12.1 Å². The van der Waals surface area contributed by atoms with Crippen LogP contribution in [0.3, 0.4) is 0 Å². The van der Waals surface area contributed by atoms with E-state index in [9.17, 15) is 22.0 Å². The number of halogens is 5. The number of benzene rings is 1. The molecule has 0 amide bonds. The van der Waals surface area contributed by atoms with Crippen molar-refractivity contribution in [2.24, 2.45) is 0 Å². The highest BCUT2D eigenvalue weighted by Gasteiger charge is 2.36. The number of nitrogens with one attached hydrogen (secondary N) is 1. The predicted octanol–water partition coefficient (Wildman–Crippen LogP) is 3.04. The maximum absolute atomic E-state index is 13.5. The summed E-state index contributed by atoms with van der Waals surface area (Å²) in [7, 11) is 0. The van der Waals surface area contributed by atoms with Gasteiger partial charge in [0.25, 0.3) is 0 Å². The Morgan fingerprint density at radius 3 is 1.70 bits per heavy atom. The molecule has 2 fully saturated rings. The lowest BCUT2D eigenvalue weighted by atomic mass is 10.0. The van der Waals surface area contributed by atoms with Crippen LogP contribution in [0, 0.1) is 29.1 Å². The highest BCUT2D eigenvalue weighted by Crippen LogP contribution is 2.34. The Hall–Kier alpha value is -1.37. The molecule has 2 heterocycles. The molecule has 1 aromatic rings. The maximum Gasteiger partial charge on any atom is 0.207 e. The van der Waals surface area contributed by atoms with Gasteiger partial charge in [0.05, 0.1) is 0 Å². The van der Waals surface area contributed by atoms with Crippen LogP contribution in [0.15, 0.2) is 0 Å². The second-order valence-corrected chi connectivity index (χ2v) is 5.25. The van der Waals surface area contributed by atoms with Gasteiger partial charge >= 0.3 is 0 Å². The van der Waals surface area contributed by atoms with E-state index in [0.29, 0.717) is 12.8 Å². The summed E-state index contributed by atoms with van der Waals surface area (Å²) < 4.78 is 71.1. The Bertz CT molecular complexity index is 509. The third-order valence-corrected chi connectivity index (χ3v) is 3.88. The van der Waals surface area contributed by atoms with E-state index in [0.717, 1.165) is 12.8 Å². The quantitative estimate of drug-likeness (QED) is 0.514. The number of ether oxygens (including phenoxy) is 1. The molecule has 1 aromatic carbocycles. The molecule has 3 rings (SSSR count). The summed E-state index contributed by atoms with van der Waals surface area (Å²) in [4.78, 5) is 0. The van der Waals surface area contributed by atoms with Gasteiger partial charge < -0.3 is 10.1 Å². The van der Waals surface area contributed by atoms with E-state index in [2.05, 4.69) is 5.32 Å². The molecule has 0 radical (unpaired) electrons. The number of hydrogen-bond donors (Lipinski definition) is 1. The van der Waals surface area contributed by atoms with Gasteiger partial charge in [0.1, 0.15) is 6.10 Å². The van der Waals surface area contributed by atoms with E-state index in [1.807, 2.05) is 0 Å². The molecule has 0 spiro atoms. The standard InChI is InChI=1S/C13H12F5NO/c14-8-9(15)11(17)13(12(18)10(8)16)20-7-3-5-1-2-6(4-7)19-5/h5-7,19H,1-4H2. The van der Waals surface area contributed by atoms with Crippen LogP contribution in [-0.2, 0) is 0 Å². The lowest BCUT2D eigenvalue weighted by Crippen LogP contribution is -2.42. The monoisotopic (exact) mass is 293 g/mol. The van der Waals surface area contributed by atoms with Gasteiger partial charge in [0, 0.05) is 12.1 Å². The minimum atomic E-state index is -2.17. The van der Waals surface area contributed by atoms with Crippen LogP contribution in [-0.4, -0.2) is 18.2 Å². The van der Waals surface area contributed by atoms with Gasteiger partial charge in [0.2, 0.25) is 29.1 Å². The summed E-state index contributed by atoms with van der Waals surface area (Å²) in [5, 5.41) is 3.29. The Balaban J connectivity index is 1.87. The molecule has 0 aliphatic carbocycles. The average Bonchev–Trinajstić information content (AvgIpc) is 2.78. The van der Waals surface area contributed by atoms with Crippen molar-refractivity contribution in [3.63, 3.8) is 0 Å². The third-order valence-electron chi connectivity index (χ3n) is 3.88. The van der Waals surface area contributed by atoms with Crippen LogP contribution in [0.25, 0.3) is 0 Å². The summed E-state index contributed by atoms with van der Waals surface area (Å²) in [5.41, 5.74) is 0. The van der Waals surface area contributed by atoms with Gasteiger partial charge in [-0.05, 0) is 25.7 Å². The summed E-state index contributed by atoms with van der Waals surface area (Å²) in [6.45, 7) is 0. The summed E-state index contributed by atoms with van der Waals surface area (Å²) in [6, 6.07) is 0.361. The molecule has 20 heavy (non-hydrogen) atoms. The molecule has 2 bridgehead atoms. The Kier molecular flexibility index (Phi) is 3.32. The highest BCUT2D eigenvalue weighted by atomic mass is 19.2. The Labute approximate surface area is 111 Å². The van der Waals surface area contributed by atoms with Crippen LogP contribution in [0.1, 0.15) is 25.7 Å². The lowest BCUT2D eigenvalue weighted by molar-refractivity contribution is 0.122. The van der Waals surface area contributed by atoms with Crippen LogP contribution < -0.4 is 10.1 Å². The second kappa shape index (κ2) is 4.87. The van der Waals surface area contributed by atoms with Crippen molar-refractivity contribution < 1.29 is 26.7 Å². The van der Waals surface area contributed by atoms with Crippen LogP contribution >= 0.6 is 0 Å². The van der Waals surface area contributed by atoms with Crippen molar-refractivity contribution in [2.75, 3.05) is 0 Å². The zero-order valence-corrected chi connectivity index (χ0v) is 10.4. The fourth-order valence-electron chi connectivity index (χ4n) is 2.96. The van der Waals surface area contributed by atoms with Crippen LogP contribution in [0.4, 0.5) is 22.0 Å². The van der Waals surface area contributed by atoms with Gasteiger partial charge in [-0.25, -0.2) is 13.2 Å². The van der Waals surface area contributed by atoms with Crippen molar-refractivity contribution in [2.45, 2.75) is 43.9 Å². The fourth-order valence-corrected chi connectivity index (χ4v) is 2.96. The molecule has 2 aliphatic heterocycles. The summed E-state index contributed by atoms with van der Waals surface area (Å²) in [6.07, 6.45) is 2.32. The van der Waals surface area contributed by atoms with Crippen molar-refractivity contribution in [3.8, 4) is 5.75 Å². The van der Waals surface area contributed by atoms with Gasteiger partial charge in [-0.1, -0.05) is 0 Å². The van der Waals surface area contributed by atoms with E-state index in [1.54, 1.807) is 0 Å². The minimum absolute atomic E-state index is 0.181. The number of fused-ring (bicyclic) bond motifs is 2. The van der Waals surface area contributed by atoms with E-state index < -0.39 is 40.9 Å². The molecular weight excluding hydrogens is 281 g/mol. The largest absolute Gasteiger partial charge is 0.484 e. The normalized spacial score (nSPS) is 28.8. The molecule has 1 N–H and O–H groups in total. The number of piperidine rings is 1. The van der Waals surface area contributed by atoms with Crippen molar-refractivity contribution in [1.82, 2.24) is 5.32 Å². The number of hydrogen-bond acceptors (Lipinski definition) is 2. The lowest BCUT2D eigenvalue weighted by Gasteiger charge is -2.29. The predicted molar refractivity (Wildman–Crippen MR) is 59.8 cm³/mol.